The van der Waals surface area contributed by atoms with E-state index in [9.17, 15) is 18.5 Å². The average molecular weight is 574 g/mol. The molecule has 6 nitrogen and oxygen atoms in total. The van der Waals surface area contributed by atoms with Gasteiger partial charge in [-0.1, -0.05) is 78.4 Å². The van der Waals surface area contributed by atoms with Crippen LogP contribution >= 0.6 is 0 Å². The van der Waals surface area contributed by atoms with Crippen molar-refractivity contribution in [1.82, 2.24) is 4.90 Å². The minimum absolute atomic E-state index is 0.0516. The number of carbonyl (C=O) groups excluding carboxylic acids is 1. The molecule has 0 atom stereocenters. The fourth-order valence-electron chi connectivity index (χ4n) is 5.19. The van der Waals surface area contributed by atoms with Crippen molar-refractivity contribution in [3.8, 4) is 6.07 Å². The lowest BCUT2D eigenvalue weighted by atomic mass is 9.93. The van der Waals surface area contributed by atoms with Gasteiger partial charge in [0.15, 0.2) is 0 Å². The molecule has 0 N–H and O–H groups in total. The van der Waals surface area contributed by atoms with Crippen LogP contribution in [0.15, 0.2) is 114 Å². The number of rotatable bonds is 8. The van der Waals surface area contributed by atoms with Gasteiger partial charge in [-0.25, -0.2) is 8.42 Å². The second-order valence-electron chi connectivity index (χ2n) is 9.95. The lowest BCUT2D eigenvalue weighted by Gasteiger charge is -2.26. The Kier molecular flexibility index (Phi) is 8.10. The van der Waals surface area contributed by atoms with Crippen LogP contribution in [0.4, 0.5) is 5.69 Å². The van der Waals surface area contributed by atoms with E-state index in [1.165, 1.54) is 12.1 Å². The molecule has 0 bridgehead atoms. The van der Waals surface area contributed by atoms with Gasteiger partial charge in [0.25, 0.3) is 15.9 Å². The third kappa shape index (κ3) is 5.25. The quantitative estimate of drug-likeness (QED) is 0.214. The molecule has 1 heterocycles. The van der Waals surface area contributed by atoms with Gasteiger partial charge >= 0.3 is 0 Å². The highest BCUT2D eigenvalue weighted by molar-refractivity contribution is 7.93. The Morgan fingerprint density at radius 2 is 1.45 bits per heavy atom. The maximum atomic E-state index is 14.4. The molecule has 1 aliphatic rings. The predicted molar refractivity (Wildman–Crippen MR) is 168 cm³/mol. The van der Waals surface area contributed by atoms with Crippen molar-refractivity contribution in [2.24, 2.45) is 0 Å². The summed E-state index contributed by atoms with van der Waals surface area (Å²) in [5.74, 6) is -0.606. The topological polar surface area (TPSA) is 81.5 Å². The number of aryl methyl sites for hydroxylation is 1. The number of allylic oxidation sites excluding steroid dienone is 2. The van der Waals surface area contributed by atoms with Crippen LogP contribution in [-0.4, -0.2) is 32.3 Å². The Morgan fingerprint density at radius 1 is 0.833 bits per heavy atom. The van der Waals surface area contributed by atoms with Crippen molar-refractivity contribution in [3.63, 3.8) is 0 Å². The molecule has 0 saturated carbocycles. The Bertz CT molecular complexity index is 1830. The van der Waals surface area contributed by atoms with E-state index in [-0.39, 0.29) is 4.90 Å². The van der Waals surface area contributed by atoms with Crippen molar-refractivity contribution in [3.05, 3.63) is 137 Å². The highest BCUT2D eigenvalue weighted by Crippen LogP contribution is 2.44. The van der Waals surface area contributed by atoms with E-state index in [0.29, 0.717) is 41.1 Å². The molecule has 4 aromatic rings. The van der Waals surface area contributed by atoms with Gasteiger partial charge in [-0.05, 0) is 73.9 Å². The molecule has 42 heavy (non-hydrogen) atoms. The molecule has 4 aromatic carbocycles. The number of nitrogens with zero attached hydrogens (tertiary/aromatic N) is 3. The molecule has 0 fully saturated rings. The molecule has 1 aliphatic heterocycles. The number of fused-ring (bicyclic) bond motifs is 1. The number of benzene rings is 4. The number of hydrogen-bond acceptors (Lipinski definition) is 5. The van der Waals surface area contributed by atoms with Gasteiger partial charge in [-0.3, -0.25) is 4.79 Å². The first kappa shape index (κ1) is 28.6. The van der Waals surface area contributed by atoms with Gasteiger partial charge in [-0.2, -0.15) is 9.57 Å². The van der Waals surface area contributed by atoms with E-state index in [0.717, 1.165) is 26.7 Å². The first-order valence-electron chi connectivity index (χ1n) is 13.8. The molecule has 5 rings (SSSR count). The predicted octanol–water partition coefficient (Wildman–Crippen LogP) is 6.90. The van der Waals surface area contributed by atoms with E-state index in [1.54, 1.807) is 42.5 Å². The van der Waals surface area contributed by atoms with Crippen molar-refractivity contribution in [2.75, 3.05) is 17.4 Å². The SMILES string of the molecule is CCN(CC)/C(=C/C(=C1\C(=O)N(S(=O)(=O)c2ccc(C)cc2)c2ccccc21)c1ccccc1)c1ccc(C#N)cc1. The first-order chi connectivity index (χ1) is 20.3. The van der Waals surface area contributed by atoms with E-state index in [2.05, 4.69) is 24.8 Å². The summed E-state index contributed by atoms with van der Waals surface area (Å²) in [7, 11) is -4.19. The fourth-order valence-corrected chi connectivity index (χ4v) is 6.61. The number of amides is 1. The van der Waals surface area contributed by atoms with Gasteiger partial charge in [0.05, 0.1) is 27.8 Å². The smallest absolute Gasteiger partial charge is 0.273 e. The molecule has 0 aromatic heterocycles. The third-order valence-electron chi connectivity index (χ3n) is 7.40. The average Bonchev–Trinajstić information content (AvgIpc) is 3.32. The van der Waals surface area contributed by atoms with Gasteiger partial charge in [-0.15, -0.1) is 0 Å². The van der Waals surface area contributed by atoms with E-state index in [1.807, 2.05) is 61.5 Å². The maximum Gasteiger partial charge on any atom is 0.273 e. The van der Waals surface area contributed by atoms with Crippen LogP contribution in [-0.2, 0) is 14.8 Å². The van der Waals surface area contributed by atoms with Crippen molar-refractivity contribution >= 4 is 38.5 Å². The molecular weight excluding hydrogens is 542 g/mol. The van der Waals surface area contributed by atoms with Crippen molar-refractivity contribution in [1.29, 1.82) is 5.26 Å². The van der Waals surface area contributed by atoms with Gasteiger partial charge in [0.1, 0.15) is 0 Å². The summed E-state index contributed by atoms with van der Waals surface area (Å²) in [6, 6.07) is 32.6. The number of para-hydroxylation sites is 1. The van der Waals surface area contributed by atoms with E-state index < -0.39 is 15.9 Å². The molecule has 210 valence electrons. The minimum Gasteiger partial charge on any atom is -0.372 e. The molecule has 1 amide bonds. The summed E-state index contributed by atoms with van der Waals surface area (Å²) in [5, 5.41) is 9.34. The summed E-state index contributed by atoms with van der Waals surface area (Å²) < 4.78 is 28.9. The fraction of sp³-hybridized carbons (Fsp3) is 0.143. The van der Waals surface area contributed by atoms with Crippen LogP contribution < -0.4 is 4.31 Å². The summed E-state index contributed by atoms with van der Waals surface area (Å²) >= 11 is 0. The maximum absolute atomic E-state index is 14.4. The molecule has 0 radical (unpaired) electrons. The van der Waals surface area contributed by atoms with E-state index in [4.69, 9.17) is 0 Å². The number of nitriles is 1. The highest BCUT2D eigenvalue weighted by atomic mass is 32.2. The molecular formula is C35H31N3O3S. The summed E-state index contributed by atoms with van der Waals surface area (Å²) in [6.07, 6.45) is 1.97. The zero-order valence-corrected chi connectivity index (χ0v) is 24.6. The van der Waals surface area contributed by atoms with Crippen LogP contribution in [0.1, 0.15) is 41.7 Å². The molecule has 0 aliphatic carbocycles. The molecule has 0 spiro atoms. The van der Waals surface area contributed by atoms with Crippen LogP contribution in [0.25, 0.3) is 16.8 Å². The largest absolute Gasteiger partial charge is 0.372 e. The lowest BCUT2D eigenvalue weighted by molar-refractivity contribution is -0.111. The summed E-state index contributed by atoms with van der Waals surface area (Å²) in [6.45, 7) is 7.41. The zero-order chi connectivity index (χ0) is 29.9. The number of anilines is 1. The number of sulfonamides is 1. The normalized spacial score (nSPS) is 14.4. The Hall–Kier alpha value is -4.93. The van der Waals surface area contributed by atoms with Crippen molar-refractivity contribution < 1.29 is 13.2 Å². The van der Waals surface area contributed by atoms with Crippen LogP contribution in [0, 0.1) is 18.3 Å². The van der Waals surface area contributed by atoms with Gasteiger partial charge in [0, 0.05) is 24.4 Å². The Morgan fingerprint density at radius 3 is 2.07 bits per heavy atom. The van der Waals surface area contributed by atoms with Gasteiger partial charge < -0.3 is 4.90 Å². The summed E-state index contributed by atoms with van der Waals surface area (Å²) in [5.41, 5.74) is 5.79. The third-order valence-corrected chi connectivity index (χ3v) is 9.11. The Labute approximate surface area is 247 Å². The standard InChI is InChI=1S/C35H31N3O3S/c1-4-37(5-2)33(28-19-17-26(24-36)18-20-28)23-31(27-11-7-6-8-12-27)34-30-13-9-10-14-32(30)38(35(34)39)42(40,41)29-21-15-25(3)16-22-29/h6-23H,4-5H2,1-3H3/b33-23+,34-31+. The first-order valence-corrected chi connectivity index (χ1v) is 15.3. The Balaban J connectivity index is 1.80. The minimum atomic E-state index is -4.19. The highest BCUT2D eigenvalue weighted by Gasteiger charge is 2.42. The van der Waals surface area contributed by atoms with Gasteiger partial charge in [0.2, 0.25) is 0 Å². The number of hydrogen-bond donors (Lipinski definition) is 0. The zero-order valence-electron chi connectivity index (χ0n) is 23.8. The lowest BCUT2D eigenvalue weighted by Crippen LogP contribution is -2.33. The number of carbonyl (C=O) groups is 1. The summed E-state index contributed by atoms with van der Waals surface area (Å²) in [4.78, 5) is 16.6. The second-order valence-corrected chi connectivity index (χ2v) is 11.7. The van der Waals surface area contributed by atoms with Crippen molar-refractivity contribution in [2.45, 2.75) is 25.7 Å². The second kappa shape index (κ2) is 11.9. The molecule has 0 unspecified atom stereocenters. The molecule has 0 saturated heterocycles. The van der Waals surface area contributed by atoms with E-state index >= 15 is 0 Å². The monoisotopic (exact) mass is 573 g/mol. The van der Waals surface area contributed by atoms with Crippen LogP contribution in [0.3, 0.4) is 0 Å². The van der Waals surface area contributed by atoms with Crippen LogP contribution in [0.2, 0.25) is 0 Å². The van der Waals surface area contributed by atoms with Crippen LogP contribution in [0.5, 0.6) is 0 Å². The molecule has 7 heteroatoms.